The number of nitrogens with one attached hydrogen (secondary N) is 1. The summed E-state index contributed by atoms with van der Waals surface area (Å²) >= 11 is 0. The standard InChI is InChI=1S/C17H23N3O3.ClH/c1-11(2)14(15(21)19-10-6-5-9-18)20-16(22)12-7-3-4-8-13(12)17(20)23;/h3-4,7-8,11,14H,5-6,9-10,18H2,1-2H3,(H,19,21);1H. The summed E-state index contributed by atoms with van der Waals surface area (Å²) in [7, 11) is 0. The molecule has 0 fully saturated rings. The molecule has 1 aliphatic rings. The van der Waals surface area contributed by atoms with Gasteiger partial charge in [-0.3, -0.25) is 19.3 Å². The lowest BCUT2D eigenvalue weighted by Crippen LogP contribution is -2.52. The van der Waals surface area contributed by atoms with Crippen molar-refractivity contribution in [3.8, 4) is 0 Å². The predicted molar refractivity (Wildman–Crippen MR) is 94.1 cm³/mol. The molecule has 0 radical (unpaired) electrons. The van der Waals surface area contributed by atoms with Gasteiger partial charge in [-0.1, -0.05) is 26.0 Å². The molecule has 1 aliphatic heterocycles. The topological polar surface area (TPSA) is 92.5 Å². The number of hydrogen-bond acceptors (Lipinski definition) is 4. The molecule has 2 rings (SSSR count). The van der Waals surface area contributed by atoms with E-state index in [4.69, 9.17) is 5.73 Å². The van der Waals surface area contributed by atoms with Crippen LogP contribution in [-0.4, -0.2) is 41.8 Å². The number of nitrogens with zero attached hydrogens (tertiary/aromatic N) is 1. The highest BCUT2D eigenvalue weighted by Gasteiger charge is 2.43. The number of fused-ring (bicyclic) bond motifs is 1. The van der Waals surface area contributed by atoms with Crippen molar-refractivity contribution in [3.63, 3.8) is 0 Å². The highest BCUT2D eigenvalue weighted by Crippen LogP contribution is 2.27. The Morgan fingerprint density at radius 3 is 2.12 bits per heavy atom. The molecule has 0 saturated heterocycles. The number of halogens is 1. The van der Waals surface area contributed by atoms with Gasteiger partial charge in [-0.15, -0.1) is 12.4 Å². The van der Waals surface area contributed by atoms with Crippen LogP contribution < -0.4 is 11.1 Å². The minimum Gasteiger partial charge on any atom is -0.354 e. The summed E-state index contributed by atoms with van der Waals surface area (Å²) in [6.07, 6.45) is 1.59. The number of nitrogens with two attached hydrogens (primary N) is 1. The predicted octanol–water partition coefficient (Wildman–Crippen LogP) is 1.58. The Morgan fingerprint density at radius 1 is 1.12 bits per heavy atom. The van der Waals surface area contributed by atoms with Gasteiger partial charge in [-0.2, -0.15) is 0 Å². The van der Waals surface area contributed by atoms with Crippen LogP contribution >= 0.6 is 12.4 Å². The maximum atomic E-state index is 12.5. The maximum Gasteiger partial charge on any atom is 0.262 e. The molecule has 3 N–H and O–H groups in total. The lowest BCUT2D eigenvalue weighted by Gasteiger charge is -2.28. The zero-order valence-corrected chi connectivity index (χ0v) is 14.8. The summed E-state index contributed by atoms with van der Waals surface area (Å²) in [6, 6.07) is 5.86. The van der Waals surface area contributed by atoms with Gasteiger partial charge in [0.1, 0.15) is 6.04 Å². The van der Waals surface area contributed by atoms with Gasteiger partial charge in [0.2, 0.25) is 5.91 Å². The number of carbonyl (C=O) groups is 3. The van der Waals surface area contributed by atoms with Crippen molar-refractivity contribution in [3.05, 3.63) is 35.4 Å². The third-order valence-electron chi connectivity index (χ3n) is 3.93. The zero-order chi connectivity index (χ0) is 17.0. The van der Waals surface area contributed by atoms with Gasteiger partial charge in [0, 0.05) is 6.54 Å². The van der Waals surface area contributed by atoms with Gasteiger partial charge in [-0.25, -0.2) is 0 Å². The molecule has 6 nitrogen and oxygen atoms in total. The van der Waals surface area contributed by atoms with Crippen molar-refractivity contribution >= 4 is 30.1 Å². The van der Waals surface area contributed by atoms with Crippen LogP contribution in [0.15, 0.2) is 24.3 Å². The Kier molecular flexibility index (Phi) is 7.38. The third-order valence-corrected chi connectivity index (χ3v) is 3.93. The van der Waals surface area contributed by atoms with E-state index >= 15 is 0 Å². The van der Waals surface area contributed by atoms with Gasteiger partial charge in [0.05, 0.1) is 11.1 Å². The summed E-state index contributed by atoms with van der Waals surface area (Å²) < 4.78 is 0. The second-order valence-corrected chi connectivity index (χ2v) is 6.00. The van der Waals surface area contributed by atoms with Crippen LogP contribution in [0.1, 0.15) is 47.4 Å². The molecule has 0 saturated carbocycles. The fourth-order valence-corrected chi connectivity index (χ4v) is 2.76. The molecule has 0 spiro atoms. The van der Waals surface area contributed by atoms with Gasteiger partial charge in [0.25, 0.3) is 11.8 Å². The van der Waals surface area contributed by atoms with E-state index in [0.717, 1.165) is 17.7 Å². The van der Waals surface area contributed by atoms with Crippen LogP contribution in [-0.2, 0) is 4.79 Å². The Hall–Kier alpha value is -1.92. The van der Waals surface area contributed by atoms with Crippen LogP contribution in [0, 0.1) is 5.92 Å². The summed E-state index contributed by atoms with van der Waals surface area (Å²) in [6.45, 7) is 4.71. The average Bonchev–Trinajstić information content (AvgIpc) is 2.77. The van der Waals surface area contributed by atoms with E-state index < -0.39 is 17.9 Å². The van der Waals surface area contributed by atoms with E-state index in [-0.39, 0.29) is 24.2 Å². The first-order valence-electron chi connectivity index (χ1n) is 7.93. The lowest BCUT2D eigenvalue weighted by atomic mass is 10.0. The van der Waals surface area contributed by atoms with Gasteiger partial charge >= 0.3 is 0 Å². The van der Waals surface area contributed by atoms with Gasteiger partial charge in [0.15, 0.2) is 0 Å². The van der Waals surface area contributed by atoms with Crippen LogP contribution in [0.3, 0.4) is 0 Å². The third kappa shape index (κ3) is 3.94. The van der Waals surface area contributed by atoms with E-state index in [0.29, 0.717) is 24.2 Å². The molecule has 1 aromatic carbocycles. The molecular weight excluding hydrogens is 330 g/mol. The molecule has 132 valence electrons. The molecule has 1 aromatic rings. The second-order valence-electron chi connectivity index (χ2n) is 6.00. The van der Waals surface area contributed by atoms with Crippen LogP contribution in [0.5, 0.6) is 0 Å². The van der Waals surface area contributed by atoms with E-state index in [2.05, 4.69) is 5.32 Å². The SMILES string of the molecule is CC(C)C(C(=O)NCCCCN)N1C(=O)c2ccccc2C1=O.Cl. The number of carbonyl (C=O) groups excluding carboxylic acids is 3. The Morgan fingerprint density at radius 2 is 1.67 bits per heavy atom. The normalized spacial score (nSPS) is 14.4. The number of unbranched alkanes of at least 4 members (excludes halogenated alkanes) is 1. The summed E-state index contributed by atoms with van der Waals surface area (Å²) in [5, 5.41) is 2.80. The first-order valence-corrected chi connectivity index (χ1v) is 7.93. The quantitative estimate of drug-likeness (QED) is 0.575. The first kappa shape index (κ1) is 20.1. The van der Waals surface area contributed by atoms with Crippen LogP contribution in [0.2, 0.25) is 0 Å². The van der Waals surface area contributed by atoms with Crippen molar-refractivity contribution in [1.29, 1.82) is 0 Å². The van der Waals surface area contributed by atoms with Gasteiger partial charge < -0.3 is 11.1 Å². The Bertz CT molecular complexity index is 584. The molecule has 24 heavy (non-hydrogen) atoms. The van der Waals surface area contributed by atoms with Crippen LogP contribution in [0.4, 0.5) is 0 Å². The fourth-order valence-electron chi connectivity index (χ4n) is 2.76. The Balaban J connectivity index is 0.00000288. The van der Waals surface area contributed by atoms with Crippen molar-refractivity contribution < 1.29 is 14.4 Å². The van der Waals surface area contributed by atoms with Crippen molar-refractivity contribution in [2.45, 2.75) is 32.7 Å². The average molecular weight is 354 g/mol. The molecule has 1 unspecified atom stereocenters. The van der Waals surface area contributed by atoms with Crippen molar-refractivity contribution in [1.82, 2.24) is 10.2 Å². The zero-order valence-electron chi connectivity index (χ0n) is 14.0. The van der Waals surface area contributed by atoms with Crippen molar-refractivity contribution in [2.75, 3.05) is 13.1 Å². The number of amides is 3. The molecular formula is C17H24ClN3O3. The van der Waals surface area contributed by atoms with E-state index in [1.807, 2.05) is 13.8 Å². The highest BCUT2D eigenvalue weighted by molar-refractivity contribution is 6.22. The first-order chi connectivity index (χ1) is 11.0. The van der Waals surface area contributed by atoms with E-state index in [9.17, 15) is 14.4 Å². The number of imide groups is 1. The Labute approximate surface area is 148 Å². The minimum atomic E-state index is -0.805. The van der Waals surface area contributed by atoms with E-state index in [1.54, 1.807) is 24.3 Å². The highest BCUT2D eigenvalue weighted by atomic mass is 35.5. The summed E-state index contributed by atoms with van der Waals surface area (Å²) in [5.74, 6) is -1.28. The molecule has 0 aromatic heterocycles. The number of hydrogen-bond donors (Lipinski definition) is 2. The molecule has 3 amide bonds. The molecule has 1 atom stereocenters. The smallest absolute Gasteiger partial charge is 0.262 e. The molecule has 7 heteroatoms. The van der Waals surface area contributed by atoms with E-state index in [1.165, 1.54) is 0 Å². The molecule has 0 aliphatic carbocycles. The minimum absolute atomic E-state index is 0. The van der Waals surface area contributed by atoms with Gasteiger partial charge in [-0.05, 0) is 37.4 Å². The maximum absolute atomic E-state index is 12.5. The summed E-state index contributed by atoms with van der Waals surface area (Å²) in [4.78, 5) is 38.7. The number of rotatable bonds is 7. The van der Waals surface area contributed by atoms with Crippen molar-refractivity contribution in [2.24, 2.45) is 11.7 Å². The monoisotopic (exact) mass is 353 g/mol. The largest absolute Gasteiger partial charge is 0.354 e. The second kappa shape index (κ2) is 8.80. The summed E-state index contributed by atoms with van der Waals surface area (Å²) in [5.41, 5.74) is 6.15. The molecule has 0 bridgehead atoms. The number of benzene rings is 1. The van der Waals surface area contributed by atoms with Crippen LogP contribution in [0.25, 0.3) is 0 Å². The molecule has 1 heterocycles. The fraction of sp³-hybridized carbons (Fsp3) is 0.471. The lowest BCUT2D eigenvalue weighted by molar-refractivity contribution is -0.126.